The minimum atomic E-state index is -4.71. The fraction of sp³-hybridized carbons (Fsp3) is 0.457. The number of benzene rings is 2. The number of hydrogen-bond donors (Lipinski definition) is 7. The van der Waals surface area contributed by atoms with Gasteiger partial charge in [-0.25, -0.2) is 15.3 Å². The third-order valence-corrected chi connectivity index (χ3v) is 9.59. The SMILES string of the molecule is CCCCOc1nc(N)c2[nH]c(=O)n(Cc3ccc(CN4CCC(CCNC(=O)C(Cc5ccc(OP(=O)(O)O)cc5)NC(=O)CON)CC4)cc3)c2n1. The van der Waals surface area contributed by atoms with Crippen molar-refractivity contribution >= 4 is 36.6 Å². The number of nitrogens with one attached hydrogen (secondary N) is 3. The van der Waals surface area contributed by atoms with E-state index < -0.39 is 26.4 Å². The van der Waals surface area contributed by atoms with Crippen LogP contribution in [0.4, 0.5) is 5.82 Å². The van der Waals surface area contributed by atoms with E-state index in [0.29, 0.717) is 42.3 Å². The fourth-order valence-electron chi connectivity index (χ4n) is 6.28. The van der Waals surface area contributed by atoms with E-state index in [9.17, 15) is 18.9 Å². The van der Waals surface area contributed by atoms with E-state index in [4.69, 9.17) is 26.2 Å². The van der Waals surface area contributed by atoms with E-state index in [1.54, 1.807) is 12.1 Å². The van der Waals surface area contributed by atoms with Crippen LogP contribution >= 0.6 is 7.82 Å². The number of fused-ring (bicyclic) bond motifs is 1. The number of imidazole rings is 1. The van der Waals surface area contributed by atoms with Crippen LogP contribution in [0.1, 0.15) is 55.7 Å². The Hall–Kier alpha value is -4.84. The van der Waals surface area contributed by atoms with Gasteiger partial charge in [0, 0.05) is 19.5 Å². The van der Waals surface area contributed by atoms with E-state index in [1.165, 1.54) is 16.7 Å². The summed E-state index contributed by atoms with van der Waals surface area (Å²) in [5.74, 6) is 4.65. The quantitative estimate of drug-likeness (QED) is 0.0407. The number of amides is 2. The first-order valence-corrected chi connectivity index (χ1v) is 19.4. The zero-order chi connectivity index (χ0) is 38.7. The number of phosphoric ester groups is 1. The number of rotatable bonds is 19. The molecular weight excluding hydrogens is 721 g/mol. The molecule has 5 rings (SSSR count). The Balaban J connectivity index is 1.08. The summed E-state index contributed by atoms with van der Waals surface area (Å²) < 4.78 is 22.8. The number of likely N-dealkylation sites (tertiary alicyclic amines) is 1. The molecular formula is C35H48N9O9P. The average molecular weight is 770 g/mol. The largest absolute Gasteiger partial charge is 0.524 e. The third-order valence-electron chi connectivity index (χ3n) is 9.14. The van der Waals surface area contributed by atoms with Crippen LogP contribution in [0.2, 0.25) is 0 Å². The predicted octanol–water partition coefficient (Wildman–Crippen LogP) is 1.74. The van der Waals surface area contributed by atoms with Gasteiger partial charge < -0.3 is 30.6 Å². The number of hydrogen-bond acceptors (Lipinski definition) is 12. The van der Waals surface area contributed by atoms with Crippen LogP contribution < -0.4 is 37.2 Å². The molecule has 1 aliphatic rings. The molecule has 0 bridgehead atoms. The second-order valence-corrected chi connectivity index (χ2v) is 14.4. The number of carbonyl (C=O) groups excluding carboxylic acids is 2. The molecule has 2 aromatic carbocycles. The summed E-state index contributed by atoms with van der Waals surface area (Å²) in [5, 5.41) is 5.55. The molecule has 0 spiro atoms. The maximum atomic E-state index is 13.1. The molecule has 19 heteroatoms. The number of H-pyrrole nitrogens is 1. The van der Waals surface area contributed by atoms with Gasteiger partial charge >= 0.3 is 19.5 Å². The van der Waals surface area contributed by atoms with E-state index >= 15 is 0 Å². The summed E-state index contributed by atoms with van der Waals surface area (Å²) in [6.07, 6.45) is 4.68. The standard InChI is InChI=1S/C35H48N9O9P/c1-2-3-18-51-34-41-31(36)30-32(42-34)44(35(47)40-30)21-26-6-4-25(5-7-26)20-43-16-13-23(14-17-43)12-15-38-33(46)28(39-29(45)22-52-37)19-24-8-10-27(11-9-24)53-54(48,49)50/h4-11,23,28H,2-3,12-22,37H2,1H3,(H,38,46)(H,39,45)(H,40,47)(H2,36,41,42)(H2,48,49,50). The molecule has 1 saturated heterocycles. The van der Waals surface area contributed by atoms with Crippen LogP contribution in [0.25, 0.3) is 11.2 Å². The first-order valence-electron chi connectivity index (χ1n) is 17.8. The predicted molar refractivity (Wildman–Crippen MR) is 199 cm³/mol. The number of nitrogens with zero attached hydrogens (tertiary/aromatic N) is 4. The molecule has 3 heterocycles. The van der Waals surface area contributed by atoms with Crippen LogP contribution in [0.5, 0.6) is 11.8 Å². The number of aromatic nitrogens is 4. The summed E-state index contributed by atoms with van der Waals surface area (Å²) in [5.41, 5.74) is 9.28. The van der Waals surface area contributed by atoms with Crippen molar-refractivity contribution in [1.29, 1.82) is 0 Å². The molecule has 0 radical (unpaired) electrons. The Morgan fingerprint density at radius 1 is 1.04 bits per heavy atom. The summed E-state index contributed by atoms with van der Waals surface area (Å²) in [6.45, 7) is 5.46. The molecule has 2 amide bonds. The lowest BCUT2D eigenvalue weighted by Crippen LogP contribution is -2.49. The third kappa shape index (κ3) is 11.8. The molecule has 54 heavy (non-hydrogen) atoms. The summed E-state index contributed by atoms with van der Waals surface area (Å²) >= 11 is 0. The molecule has 18 nitrogen and oxygen atoms in total. The zero-order valence-electron chi connectivity index (χ0n) is 30.1. The molecule has 0 saturated carbocycles. The highest BCUT2D eigenvalue weighted by Crippen LogP contribution is 2.37. The van der Waals surface area contributed by atoms with Crippen molar-refractivity contribution in [2.24, 2.45) is 11.8 Å². The van der Waals surface area contributed by atoms with Crippen LogP contribution in [-0.4, -0.2) is 84.9 Å². The number of carbonyl (C=O) groups is 2. The Morgan fingerprint density at radius 3 is 2.35 bits per heavy atom. The number of nitrogen functional groups attached to an aromatic ring is 1. The number of unbranched alkanes of at least 4 members (excludes halogenated alkanes) is 1. The molecule has 292 valence electrons. The van der Waals surface area contributed by atoms with Crippen LogP contribution in [0, 0.1) is 5.92 Å². The van der Waals surface area contributed by atoms with Crippen molar-refractivity contribution in [3.8, 4) is 11.8 Å². The van der Waals surface area contributed by atoms with Crippen LogP contribution in [0.3, 0.4) is 0 Å². The van der Waals surface area contributed by atoms with Gasteiger partial charge in [0.05, 0.1) is 13.2 Å². The van der Waals surface area contributed by atoms with Gasteiger partial charge in [0.25, 0.3) is 0 Å². The molecule has 9 N–H and O–H groups in total. The molecule has 1 fully saturated rings. The Labute approximate surface area is 311 Å². The van der Waals surface area contributed by atoms with Crippen molar-refractivity contribution in [1.82, 2.24) is 35.1 Å². The monoisotopic (exact) mass is 769 g/mol. The lowest BCUT2D eigenvalue weighted by atomic mass is 9.93. The lowest BCUT2D eigenvalue weighted by Gasteiger charge is -2.32. The van der Waals surface area contributed by atoms with Crippen molar-refractivity contribution in [2.75, 3.05) is 38.6 Å². The van der Waals surface area contributed by atoms with E-state index in [2.05, 4.69) is 58.9 Å². The minimum absolute atomic E-state index is 0.0282. The van der Waals surface area contributed by atoms with Crippen LogP contribution in [0.15, 0.2) is 53.3 Å². The van der Waals surface area contributed by atoms with Crippen molar-refractivity contribution in [2.45, 2.75) is 64.6 Å². The average Bonchev–Trinajstić information content (AvgIpc) is 3.44. The smallest absolute Gasteiger partial charge is 0.463 e. The summed E-state index contributed by atoms with van der Waals surface area (Å²) in [6, 6.07) is 13.2. The second-order valence-electron chi connectivity index (χ2n) is 13.3. The normalized spacial score (nSPS) is 14.5. The molecule has 0 aliphatic carbocycles. The number of anilines is 1. The van der Waals surface area contributed by atoms with Gasteiger partial charge in [-0.15, -0.1) is 0 Å². The van der Waals surface area contributed by atoms with Gasteiger partial charge in [-0.05, 0) is 73.5 Å². The van der Waals surface area contributed by atoms with Crippen LogP contribution in [-0.2, 0) is 38.5 Å². The van der Waals surface area contributed by atoms with Crippen molar-refractivity contribution < 1.29 is 38.0 Å². The highest BCUT2D eigenvalue weighted by Gasteiger charge is 2.24. The zero-order valence-corrected chi connectivity index (χ0v) is 31.0. The lowest BCUT2D eigenvalue weighted by molar-refractivity contribution is -0.131. The van der Waals surface area contributed by atoms with E-state index in [-0.39, 0.29) is 35.6 Å². The highest BCUT2D eigenvalue weighted by molar-refractivity contribution is 7.46. The fourth-order valence-corrected chi connectivity index (χ4v) is 6.67. The Bertz CT molecular complexity index is 1960. The number of phosphoric acid groups is 1. The number of nitrogens with two attached hydrogens (primary N) is 2. The molecule has 1 aliphatic heterocycles. The van der Waals surface area contributed by atoms with Gasteiger partial charge in [0.2, 0.25) is 11.8 Å². The number of ether oxygens (including phenoxy) is 1. The molecule has 2 aromatic heterocycles. The number of piperidine rings is 1. The summed E-state index contributed by atoms with van der Waals surface area (Å²) in [7, 11) is -4.71. The van der Waals surface area contributed by atoms with Crippen molar-refractivity contribution in [3.05, 3.63) is 75.7 Å². The van der Waals surface area contributed by atoms with E-state index in [0.717, 1.165) is 62.9 Å². The highest BCUT2D eigenvalue weighted by atomic mass is 31.2. The minimum Gasteiger partial charge on any atom is -0.463 e. The van der Waals surface area contributed by atoms with Gasteiger partial charge in [-0.1, -0.05) is 49.7 Å². The molecule has 4 aromatic rings. The maximum absolute atomic E-state index is 13.1. The van der Waals surface area contributed by atoms with Gasteiger partial charge in [-0.3, -0.25) is 33.7 Å². The Kier molecular flexibility index (Phi) is 14.2. The first kappa shape index (κ1) is 40.3. The maximum Gasteiger partial charge on any atom is 0.524 e. The van der Waals surface area contributed by atoms with Gasteiger partial charge in [0.15, 0.2) is 11.5 Å². The summed E-state index contributed by atoms with van der Waals surface area (Å²) in [4.78, 5) is 74.3. The second kappa shape index (κ2) is 19.0. The van der Waals surface area contributed by atoms with Gasteiger partial charge in [-0.2, -0.15) is 9.97 Å². The van der Waals surface area contributed by atoms with E-state index in [1.807, 2.05) is 12.1 Å². The number of aromatic amines is 1. The first-order chi connectivity index (χ1) is 25.9. The van der Waals surface area contributed by atoms with Gasteiger partial charge in [0.1, 0.15) is 23.9 Å². The van der Waals surface area contributed by atoms with Crippen molar-refractivity contribution in [3.63, 3.8) is 0 Å². The molecule has 1 unspecified atom stereocenters. The Morgan fingerprint density at radius 2 is 1.70 bits per heavy atom. The topological polar surface area (TPSA) is 262 Å². The molecule has 1 atom stereocenters.